The molecule has 0 bridgehead atoms. The van der Waals surface area contributed by atoms with E-state index in [1.54, 1.807) is 0 Å². The summed E-state index contributed by atoms with van der Waals surface area (Å²) in [5, 5.41) is 4.14. The average Bonchev–Trinajstić information content (AvgIpc) is 2.45. The maximum absolute atomic E-state index is 6.43. The standard InChI is InChI=1S/C16H24BrClN2/c1-12(15-7-6-13(17)11-16(15)18)20-10-4-3-5-14(20)8-9-19-2/h6-7,11-12,14,19H,3-5,8-10H2,1-2H3. The summed E-state index contributed by atoms with van der Waals surface area (Å²) < 4.78 is 1.05. The van der Waals surface area contributed by atoms with E-state index in [0.717, 1.165) is 16.0 Å². The van der Waals surface area contributed by atoms with Crippen LogP contribution < -0.4 is 5.32 Å². The molecule has 1 aliphatic rings. The molecule has 0 spiro atoms. The number of benzene rings is 1. The van der Waals surface area contributed by atoms with E-state index in [4.69, 9.17) is 11.6 Å². The molecule has 0 aromatic heterocycles. The SMILES string of the molecule is CNCCC1CCCCN1C(C)c1ccc(Br)cc1Cl. The van der Waals surface area contributed by atoms with Crippen molar-refractivity contribution < 1.29 is 0 Å². The predicted octanol–water partition coefficient (Wildman–Crippen LogP) is 4.63. The largest absolute Gasteiger partial charge is 0.320 e. The molecule has 0 saturated carbocycles. The first-order valence-corrected chi connectivity index (χ1v) is 8.66. The third-order valence-electron chi connectivity index (χ3n) is 4.31. The molecular formula is C16H24BrClN2. The van der Waals surface area contributed by atoms with E-state index in [-0.39, 0.29) is 0 Å². The third-order valence-corrected chi connectivity index (χ3v) is 5.13. The number of likely N-dealkylation sites (tertiary alicyclic amines) is 1. The Morgan fingerprint density at radius 1 is 1.45 bits per heavy atom. The van der Waals surface area contributed by atoms with Crippen molar-refractivity contribution in [1.82, 2.24) is 10.2 Å². The molecule has 4 heteroatoms. The van der Waals surface area contributed by atoms with Crippen LogP contribution in [0.3, 0.4) is 0 Å². The van der Waals surface area contributed by atoms with E-state index >= 15 is 0 Å². The van der Waals surface area contributed by atoms with Gasteiger partial charge in [0, 0.05) is 21.6 Å². The number of nitrogens with zero attached hydrogens (tertiary/aromatic N) is 1. The molecule has 0 radical (unpaired) electrons. The summed E-state index contributed by atoms with van der Waals surface area (Å²) in [5.41, 5.74) is 1.24. The summed E-state index contributed by atoms with van der Waals surface area (Å²) in [6.45, 7) is 4.55. The number of rotatable bonds is 5. The van der Waals surface area contributed by atoms with Gasteiger partial charge < -0.3 is 5.32 Å². The zero-order valence-electron chi connectivity index (χ0n) is 12.3. The Labute approximate surface area is 136 Å². The Kier molecular flexibility index (Phi) is 6.34. The second-order valence-corrected chi connectivity index (χ2v) is 6.94. The van der Waals surface area contributed by atoms with Crippen molar-refractivity contribution >= 4 is 27.5 Å². The first-order valence-electron chi connectivity index (χ1n) is 7.48. The van der Waals surface area contributed by atoms with Crippen molar-refractivity contribution in [2.75, 3.05) is 20.1 Å². The molecule has 20 heavy (non-hydrogen) atoms. The first kappa shape index (κ1) is 16.3. The average molecular weight is 360 g/mol. The topological polar surface area (TPSA) is 15.3 Å². The quantitative estimate of drug-likeness (QED) is 0.824. The molecule has 1 aromatic rings. The predicted molar refractivity (Wildman–Crippen MR) is 90.5 cm³/mol. The van der Waals surface area contributed by atoms with E-state index in [2.05, 4.69) is 45.2 Å². The molecule has 2 atom stereocenters. The monoisotopic (exact) mass is 358 g/mol. The van der Waals surface area contributed by atoms with Gasteiger partial charge >= 0.3 is 0 Å². The molecule has 1 aromatic carbocycles. The minimum absolute atomic E-state index is 0.387. The van der Waals surface area contributed by atoms with Gasteiger partial charge in [-0.05, 0) is 64.0 Å². The zero-order chi connectivity index (χ0) is 14.5. The molecule has 1 aliphatic heterocycles. The zero-order valence-corrected chi connectivity index (χ0v) is 14.7. The number of hydrogen-bond donors (Lipinski definition) is 1. The fourth-order valence-corrected chi connectivity index (χ4v) is 4.00. The summed E-state index contributed by atoms with van der Waals surface area (Å²) >= 11 is 9.91. The van der Waals surface area contributed by atoms with Crippen molar-refractivity contribution in [2.24, 2.45) is 0 Å². The molecule has 2 unspecified atom stereocenters. The molecule has 0 amide bonds. The van der Waals surface area contributed by atoms with Gasteiger partial charge in [-0.3, -0.25) is 4.90 Å². The van der Waals surface area contributed by atoms with Crippen LogP contribution in [-0.2, 0) is 0 Å². The van der Waals surface area contributed by atoms with Gasteiger partial charge in [0.1, 0.15) is 0 Å². The lowest BCUT2D eigenvalue weighted by Gasteiger charge is -2.40. The number of piperidine rings is 1. The fraction of sp³-hybridized carbons (Fsp3) is 0.625. The van der Waals surface area contributed by atoms with Crippen LogP contribution in [0.25, 0.3) is 0 Å². The molecule has 1 N–H and O–H groups in total. The summed E-state index contributed by atoms with van der Waals surface area (Å²) in [6.07, 6.45) is 5.18. The van der Waals surface area contributed by atoms with Crippen LogP contribution in [-0.4, -0.2) is 31.1 Å². The Bertz CT molecular complexity index is 438. The highest BCUT2D eigenvalue weighted by atomic mass is 79.9. The van der Waals surface area contributed by atoms with E-state index in [9.17, 15) is 0 Å². The Hall–Kier alpha value is -0.0900. The first-order chi connectivity index (χ1) is 9.63. The van der Waals surface area contributed by atoms with E-state index in [0.29, 0.717) is 12.1 Å². The van der Waals surface area contributed by atoms with Crippen LogP contribution >= 0.6 is 27.5 Å². The van der Waals surface area contributed by atoms with Gasteiger partial charge in [-0.25, -0.2) is 0 Å². The summed E-state index contributed by atoms with van der Waals surface area (Å²) in [7, 11) is 2.03. The van der Waals surface area contributed by atoms with E-state index in [1.807, 2.05) is 13.1 Å². The van der Waals surface area contributed by atoms with Crippen molar-refractivity contribution in [3.05, 3.63) is 33.3 Å². The fourth-order valence-electron chi connectivity index (χ4n) is 3.17. The maximum atomic E-state index is 6.43. The summed E-state index contributed by atoms with van der Waals surface area (Å²) in [4.78, 5) is 2.63. The van der Waals surface area contributed by atoms with Crippen LogP contribution in [0, 0.1) is 0 Å². The van der Waals surface area contributed by atoms with Crippen molar-refractivity contribution in [2.45, 2.75) is 44.7 Å². The lowest BCUT2D eigenvalue weighted by Crippen LogP contribution is -2.42. The van der Waals surface area contributed by atoms with Gasteiger partial charge in [-0.1, -0.05) is 40.0 Å². The van der Waals surface area contributed by atoms with Crippen molar-refractivity contribution in [3.63, 3.8) is 0 Å². The highest BCUT2D eigenvalue weighted by Crippen LogP contribution is 2.34. The lowest BCUT2D eigenvalue weighted by atomic mass is 9.95. The Morgan fingerprint density at radius 2 is 2.25 bits per heavy atom. The minimum atomic E-state index is 0.387. The van der Waals surface area contributed by atoms with Crippen LogP contribution in [0.5, 0.6) is 0 Å². The third kappa shape index (κ3) is 3.97. The summed E-state index contributed by atoms with van der Waals surface area (Å²) in [6, 6.07) is 7.30. The van der Waals surface area contributed by atoms with Gasteiger partial charge in [-0.15, -0.1) is 0 Å². The Balaban J connectivity index is 2.13. The molecule has 0 aliphatic carbocycles. The van der Waals surface area contributed by atoms with Gasteiger partial charge in [0.05, 0.1) is 0 Å². The highest BCUT2D eigenvalue weighted by Gasteiger charge is 2.27. The number of nitrogens with one attached hydrogen (secondary N) is 1. The van der Waals surface area contributed by atoms with Crippen LogP contribution in [0.1, 0.15) is 44.2 Å². The minimum Gasteiger partial charge on any atom is -0.320 e. The highest BCUT2D eigenvalue weighted by molar-refractivity contribution is 9.10. The normalized spacial score (nSPS) is 21.9. The number of hydrogen-bond acceptors (Lipinski definition) is 2. The van der Waals surface area contributed by atoms with Crippen LogP contribution in [0.4, 0.5) is 0 Å². The summed E-state index contributed by atoms with van der Waals surface area (Å²) in [5.74, 6) is 0. The van der Waals surface area contributed by atoms with Gasteiger partial charge in [0.2, 0.25) is 0 Å². The van der Waals surface area contributed by atoms with Crippen molar-refractivity contribution in [1.29, 1.82) is 0 Å². The van der Waals surface area contributed by atoms with Crippen LogP contribution in [0.15, 0.2) is 22.7 Å². The molecule has 2 nitrogen and oxygen atoms in total. The van der Waals surface area contributed by atoms with Gasteiger partial charge in [0.15, 0.2) is 0 Å². The molecule has 1 saturated heterocycles. The molecular weight excluding hydrogens is 336 g/mol. The number of halogens is 2. The van der Waals surface area contributed by atoms with Crippen LogP contribution in [0.2, 0.25) is 5.02 Å². The molecule has 112 valence electrons. The van der Waals surface area contributed by atoms with E-state index < -0.39 is 0 Å². The van der Waals surface area contributed by atoms with Gasteiger partial charge in [-0.2, -0.15) is 0 Å². The van der Waals surface area contributed by atoms with Gasteiger partial charge in [0.25, 0.3) is 0 Å². The Morgan fingerprint density at radius 3 is 2.95 bits per heavy atom. The second kappa shape index (κ2) is 7.79. The van der Waals surface area contributed by atoms with Crippen molar-refractivity contribution in [3.8, 4) is 0 Å². The second-order valence-electron chi connectivity index (χ2n) is 5.62. The lowest BCUT2D eigenvalue weighted by molar-refractivity contribution is 0.0972. The molecule has 2 rings (SSSR count). The molecule has 1 fully saturated rings. The molecule has 1 heterocycles. The maximum Gasteiger partial charge on any atom is 0.0464 e. The smallest absolute Gasteiger partial charge is 0.0464 e. The van der Waals surface area contributed by atoms with E-state index in [1.165, 1.54) is 37.8 Å².